The van der Waals surface area contributed by atoms with Gasteiger partial charge in [-0.15, -0.1) is 0 Å². The number of fused-ring (bicyclic) bond motifs is 1. The first-order valence-electron chi connectivity index (χ1n) is 8.18. The van der Waals surface area contributed by atoms with E-state index in [0.717, 1.165) is 37.7 Å². The highest BCUT2D eigenvalue weighted by atomic mass is 15.2. The molecule has 0 unspecified atom stereocenters. The summed E-state index contributed by atoms with van der Waals surface area (Å²) in [5, 5.41) is 6.10. The lowest BCUT2D eigenvalue weighted by molar-refractivity contribution is 0.425. The zero-order chi connectivity index (χ0) is 15.5. The highest BCUT2D eigenvalue weighted by molar-refractivity contribution is 6.00. The van der Waals surface area contributed by atoms with Crippen molar-refractivity contribution in [3.05, 3.63) is 30.0 Å². The van der Waals surface area contributed by atoms with Crippen molar-refractivity contribution in [3.8, 4) is 0 Å². The topological polar surface area (TPSA) is 31.4 Å². The van der Waals surface area contributed by atoms with E-state index < -0.39 is 0 Å². The second kappa shape index (κ2) is 6.53. The maximum atomic E-state index is 4.77. The molecule has 22 heavy (non-hydrogen) atoms. The van der Waals surface area contributed by atoms with Crippen LogP contribution >= 0.6 is 0 Å². The minimum Gasteiger partial charge on any atom is -0.382 e. The third-order valence-electron chi connectivity index (χ3n) is 4.30. The predicted octanol–water partition coefficient (Wildman–Crippen LogP) is 3.12. The first-order valence-corrected chi connectivity index (χ1v) is 8.18. The predicted molar refractivity (Wildman–Crippen MR) is 95.0 cm³/mol. The average Bonchev–Trinajstić information content (AvgIpc) is 3.01. The van der Waals surface area contributed by atoms with Gasteiger partial charge in [-0.1, -0.05) is 17.7 Å². The van der Waals surface area contributed by atoms with Crippen molar-refractivity contribution in [1.82, 2.24) is 9.88 Å². The van der Waals surface area contributed by atoms with Gasteiger partial charge >= 0.3 is 0 Å². The van der Waals surface area contributed by atoms with Crippen LogP contribution in [0.2, 0.25) is 0 Å². The lowest BCUT2D eigenvalue weighted by atomic mass is 10.1. The van der Waals surface area contributed by atoms with Crippen LogP contribution in [0.25, 0.3) is 10.8 Å². The molecule has 0 spiro atoms. The van der Waals surface area contributed by atoms with E-state index in [9.17, 15) is 0 Å². The molecule has 1 N–H and O–H groups in total. The standard InChI is InChI=1S/C18H26N4/c1-14-6-7-15-16(12-14)17(19-8-11-21(2)3)13-20-18(15)22-9-4-5-10-22/h6-7,12-13,19H,4-5,8-11H2,1-3H3. The summed E-state index contributed by atoms with van der Waals surface area (Å²) >= 11 is 0. The van der Waals surface area contributed by atoms with Gasteiger partial charge in [0.2, 0.25) is 0 Å². The molecule has 1 saturated heterocycles. The number of anilines is 2. The van der Waals surface area contributed by atoms with Crippen LogP contribution in [-0.4, -0.2) is 50.2 Å². The number of pyridine rings is 1. The SMILES string of the molecule is Cc1ccc2c(N3CCCC3)ncc(NCCN(C)C)c2c1. The summed E-state index contributed by atoms with van der Waals surface area (Å²) in [6.45, 7) is 6.35. The molecule has 1 fully saturated rings. The van der Waals surface area contributed by atoms with Gasteiger partial charge in [0.1, 0.15) is 5.82 Å². The fraction of sp³-hybridized carbons (Fsp3) is 0.500. The highest BCUT2D eigenvalue weighted by Gasteiger charge is 2.17. The highest BCUT2D eigenvalue weighted by Crippen LogP contribution is 2.32. The molecule has 1 aliphatic heterocycles. The van der Waals surface area contributed by atoms with E-state index >= 15 is 0 Å². The van der Waals surface area contributed by atoms with E-state index in [2.05, 4.69) is 54.3 Å². The van der Waals surface area contributed by atoms with Crippen LogP contribution in [0.1, 0.15) is 18.4 Å². The molecule has 4 nitrogen and oxygen atoms in total. The minimum absolute atomic E-state index is 0.931. The third kappa shape index (κ3) is 3.17. The van der Waals surface area contributed by atoms with Crippen LogP contribution in [0.3, 0.4) is 0 Å². The molecule has 3 rings (SSSR count). The summed E-state index contributed by atoms with van der Waals surface area (Å²) in [6, 6.07) is 6.68. The number of benzene rings is 1. The van der Waals surface area contributed by atoms with Crippen LogP contribution < -0.4 is 10.2 Å². The van der Waals surface area contributed by atoms with Gasteiger partial charge < -0.3 is 15.1 Å². The Morgan fingerprint density at radius 1 is 1.18 bits per heavy atom. The number of nitrogens with zero attached hydrogens (tertiary/aromatic N) is 3. The fourth-order valence-electron chi connectivity index (χ4n) is 3.08. The van der Waals surface area contributed by atoms with Crippen LogP contribution in [0, 0.1) is 6.92 Å². The number of hydrogen-bond acceptors (Lipinski definition) is 4. The molecule has 0 aliphatic carbocycles. The summed E-state index contributed by atoms with van der Waals surface area (Å²) < 4.78 is 0. The van der Waals surface area contributed by atoms with Crippen molar-refractivity contribution >= 4 is 22.3 Å². The van der Waals surface area contributed by atoms with Crippen molar-refractivity contribution in [3.63, 3.8) is 0 Å². The maximum Gasteiger partial charge on any atom is 0.136 e. The van der Waals surface area contributed by atoms with Crippen LogP contribution in [-0.2, 0) is 0 Å². The lowest BCUT2D eigenvalue weighted by Gasteiger charge is -2.20. The molecule has 1 aromatic carbocycles. The average molecular weight is 298 g/mol. The van der Waals surface area contributed by atoms with Gasteiger partial charge in [0, 0.05) is 37.0 Å². The Morgan fingerprint density at radius 3 is 2.68 bits per heavy atom. The van der Waals surface area contributed by atoms with E-state index in [-0.39, 0.29) is 0 Å². The second-order valence-electron chi connectivity index (χ2n) is 6.47. The quantitative estimate of drug-likeness (QED) is 0.919. The smallest absolute Gasteiger partial charge is 0.136 e. The minimum atomic E-state index is 0.931. The van der Waals surface area contributed by atoms with Crippen LogP contribution in [0.4, 0.5) is 11.5 Å². The molecular formula is C18H26N4. The fourth-order valence-corrected chi connectivity index (χ4v) is 3.08. The molecular weight excluding hydrogens is 272 g/mol. The molecule has 4 heteroatoms. The summed E-state index contributed by atoms with van der Waals surface area (Å²) in [5.74, 6) is 1.14. The molecule has 0 atom stereocenters. The first kappa shape index (κ1) is 15.1. The Balaban J connectivity index is 1.95. The molecule has 1 aromatic heterocycles. The van der Waals surface area contributed by atoms with Gasteiger partial charge in [-0.05, 0) is 39.9 Å². The van der Waals surface area contributed by atoms with Gasteiger partial charge in [-0.2, -0.15) is 0 Å². The largest absolute Gasteiger partial charge is 0.382 e. The Kier molecular flexibility index (Phi) is 4.48. The molecule has 0 amide bonds. The van der Waals surface area contributed by atoms with Gasteiger partial charge in [0.05, 0.1) is 11.9 Å². The number of nitrogens with one attached hydrogen (secondary N) is 1. The van der Waals surface area contributed by atoms with Gasteiger partial charge in [-0.3, -0.25) is 0 Å². The van der Waals surface area contributed by atoms with Gasteiger partial charge in [0.15, 0.2) is 0 Å². The van der Waals surface area contributed by atoms with Gasteiger partial charge in [-0.25, -0.2) is 4.98 Å². The normalized spacial score (nSPS) is 15.0. The number of aromatic nitrogens is 1. The zero-order valence-corrected chi connectivity index (χ0v) is 13.9. The van der Waals surface area contributed by atoms with Crippen LogP contribution in [0.15, 0.2) is 24.4 Å². The van der Waals surface area contributed by atoms with E-state index in [4.69, 9.17) is 4.98 Å². The Labute approximate surface area is 133 Å². The molecule has 2 heterocycles. The first-order chi connectivity index (χ1) is 10.6. The van der Waals surface area contributed by atoms with E-state index in [1.54, 1.807) is 0 Å². The number of hydrogen-bond donors (Lipinski definition) is 1. The Morgan fingerprint density at radius 2 is 1.95 bits per heavy atom. The van der Waals surface area contributed by atoms with Crippen molar-refractivity contribution in [2.24, 2.45) is 0 Å². The molecule has 0 saturated carbocycles. The summed E-state index contributed by atoms with van der Waals surface area (Å²) in [4.78, 5) is 9.37. The van der Waals surface area contributed by atoms with Crippen molar-refractivity contribution in [1.29, 1.82) is 0 Å². The number of aryl methyl sites for hydroxylation is 1. The summed E-state index contributed by atoms with van der Waals surface area (Å²) in [6.07, 6.45) is 4.56. The third-order valence-corrected chi connectivity index (χ3v) is 4.30. The monoisotopic (exact) mass is 298 g/mol. The molecule has 2 aromatic rings. The summed E-state index contributed by atoms with van der Waals surface area (Å²) in [5.41, 5.74) is 2.44. The summed E-state index contributed by atoms with van der Waals surface area (Å²) in [7, 11) is 4.19. The maximum absolute atomic E-state index is 4.77. The van der Waals surface area contributed by atoms with Crippen LogP contribution in [0.5, 0.6) is 0 Å². The van der Waals surface area contributed by atoms with E-state index in [1.165, 1.54) is 29.2 Å². The zero-order valence-electron chi connectivity index (χ0n) is 13.9. The van der Waals surface area contributed by atoms with Gasteiger partial charge in [0.25, 0.3) is 0 Å². The van der Waals surface area contributed by atoms with Crippen molar-refractivity contribution in [2.45, 2.75) is 19.8 Å². The van der Waals surface area contributed by atoms with Crippen molar-refractivity contribution in [2.75, 3.05) is 50.5 Å². The Hall–Kier alpha value is -1.81. The molecule has 0 bridgehead atoms. The Bertz CT molecular complexity index is 645. The van der Waals surface area contributed by atoms with E-state index in [1.807, 2.05) is 6.20 Å². The van der Waals surface area contributed by atoms with E-state index in [0.29, 0.717) is 0 Å². The molecule has 118 valence electrons. The molecule has 1 aliphatic rings. The second-order valence-corrected chi connectivity index (χ2v) is 6.47. The lowest BCUT2D eigenvalue weighted by Crippen LogP contribution is -2.22. The number of rotatable bonds is 5. The number of likely N-dealkylation sites (N-methyl/N-ethyl adjacent to an activating group) is 1. The van der Waals surface area contributed by atoms with Crippen molar-refractivity contribution < 1.29 is 0 Å². The molecule has 0 radical (unpaired) electrons.